The molecule has 0 aromatic heterocycles. The van der Waals surface area contributed by atoms with Crippen molar-refractivity contribution in [3.8, 4) is 0 Å². The summed E-state index contributed by atoms with van der Waals surface area (Å²) in [6, 6.07) is 0. The summed E-state index contributed by atoms with van der Waals surface area (Å²) < 4.78 is 37.1. The van der Waals surface area contributed by atoms with Crippen LogP contribution < -0.4 is 0 Å². The first-order valence-corrected chi connectivity index (χ1v) is 12.8. The number of carbonyl (C=O) groups is 3. The van der Waals surface area contributed by atoms with Crippen molar-refractivity contribution < 1.29 is 41.4 Å². The molecule has 0 aliphatic carbocycles. The summed E-state index contributed by atoms with van der Waals surface area (Å²) in [6.07, 6.45) is 14.4. The molecule has 0 spiro atoms. The molecule has 1 atom stereocenters. The van der Waals surface area contributed by atoms with Gasteiger partial charge in [-0.25, -0.2) is 0 Å². The SMILES string of the molecule is CCCCCC[C@@H](O)C/C=C\CCCCCCCC(=O)OC(=O)CCC(=O)OS(=O)(=O)O. The first kappa shape index (κ1) is 30.2. The van der Waals surface area contributed by atoms with Crippen LogP contribution >= 0.6 is 0 Å². The first-order chi connectivity index (χ1) is 15.1. The van der Waals surface area contributed by atoms with E-state index in [1.54, 1.807) is 0 Å². The highest BCUT2D eigenvalue weighted by molar-refractivity contribution is 7.81. The van der Waals surface area contributed by atoms with Crippen molar-refractivity contribution in [2.24, 2.45) is 0 Å². The lowest BCUT2D eigenvalue weighted by Gasteiger charge is -2.07. The lowest BCUT2D eigenvalue weighted by molar-refractivity contribution is -0.160. The van der Waals surface area contributed by atoms with Gasteiger partial charge in [0.2, 0.25) is 0 Å². The molecular formula is C22H38O9S. The fourth-order valence-electron chi connectivity index (χ4n) is 2.95. The minimum Gasteiger partial charge on any atom is -0.393 e. The zero-order valence-corrected chi connectivity index (χ0v) is 19.8. The van der Waals surface area contributed by atoms with E-state index in [-0.39, 0.29) is 12.5 Å². The fourth-order valence-corrected chi connectivity index (χ4v) is 3.27. The predicted octanol–water partition coefficient (Wildman–Crippen LogP) is 4.19. The van der Waals surface area contributed by atoms with Gasteiger partial charge in [0, 0.05) is 6.42 Å². The van der Waals surface area contributed by atoms with Crippen LogP contribution in [0.1, 0.15) is 103 Å². The van der Waals surface area contributed by atoms with Gasteiger partial charge in [0.1, 0.15) is 0 Å². The van der Waals surface area contributed by atoms with Gasteiger partial charge in [0.05, 0.1) is 18.9 Å². The summed E-state index contributed by atoms with van der Waals surface area (Å²) in [4.78, 5) is 34.0. The maximum absolute atomic E-state index is 11.6. The monoisotopic (exact) mass is 478 g/mol. The van der Waals surface area contributed by atoms with Gasteiger partial charge in [-0.1, -0.05) is 64.0 Å². The lowest BCUT2D eigenvalue weighted by atomic mass is 10.1. The van der Waals surface area contributed by atoms with Crippen molar-refractivity contribution >= 4 is 28.3 Å². The second-order valence-corrected chi connectivity index (χ2v) is 8.77. The molecule has 0 rings (SSSR count). The maximum Gasteiger partial charge on any atom is 0.448 e. The van der Waals surface area contributed by atoms with Gasteiger partial charge in [-0.3, -0.25) is 18.9 Å². The summed E-state index contributed by atoms with van der Waals surface area (Å²) in [6.45, 7) is 2.17. The van der Waals surface area contributed by atoms with Crippen molar-refractivity contribution in [2.45, 2.75) is 109 Å². The van der Waals surface area contributed by atoms with Crippen LogP contribution in [0.2, 0.25) is 0 Å². The van der Waals surface area contributed by atoms with Gasteiger partial charge >= 0.3 is 28.3 Å². The van der Waals surface area contributed by atoms with E-state index in [9.17, 15) is 27.9 Å². The molecule has 0 aliphatic heterocycles. The van der Waals surface area contributed by atoms with Crippen molar-refractivity contribution in [1.29, 1.82) is 0 Å². The van der Waals surface area contributed by atoms with E-state index in [0.717, 1.165) is 44.9 Å². The number of carbonyl (C=O) groups excluding carboxylic acids is 3. The molecule has 0 saturated carbocycles. The summed E-state index contributed by atoms with van der Waals surface area (Å²) in [5.41, 5.74) is 0. The first-order valence-electron chi connectivity index (χ1n) is 11.4. The topological polar surface area (TPSA) is 144 Å². The number of esters is 2. The van der Waals surface area contributed by atoms with Gasteiger partial charge in [-0.15, -0.1) is 0 Å². The predicted molar refractivity (Wildman–Crippen MR) is 119 cm³/mol. The molecule has 32 heavy (non-hydrogen) atoms. The third-order valence-electron chi connectivity index (χ3n) is 4.68. The van der Waals surface area contributed by atoms with Gasteiger partial charge in [-0.2, -0.15) is 8.42 Å². The Morgan fingerprint density at radius 2 is 1.41 bits per heavy atom. The minimum absolute atomic E-state index is 0.0806. The second-order valence-electron chi connectivity index (χ2n) is 7.75. The molecule has 0 radical (unpaired) electrons. The summed E-state index contributed by atoms with van der Waals surface area (Å²) >= 11 is 0. The Bertz CT molecular complexity index is 671. The number of rotatable bonds is 19. The Morgan fingerprint density at radius 1 is 0.812 bits per heavy atom. The maximum atomic E-state index is 11.6. The third-order valence-corrected chi connectivity index (χ3v) is 5.07. The van der Waals surface area contributed by atoms with Gasteiger partial charge < -0.3 is 14.0 Å². The van der Waals surface area contributed by atoms with Crippen LogP contribution in [0, 0.1) is 0 Å². The molecule has 0 aliphatic rings. The average molecular weight is 479 g/mol. The number of ether oxygens (including phenoxy) is 1. The fraction of sp³-hybridized carbons (Fsp3) is 0.773. The third kappa shape index (κ3) is 21.5. The number of aliphatic hydroxyl groups is 1. The molecule has 0 bridgehead atoms. The number of aliphatic hydroxyl groups excluding tert-OH is 1. The van der Waals surface area contributed by atoms with Crippen molar-refractivity contribution in [3.05, 3.63) is 12.2 Å². The standard InChI is InChI=1S/C22H38O9S/c1-2-3-4-11-14-19(23)15-12-9-7-5-6-8-10-13-16-20(24)30-21(25)17-18-22(26)31-32(27,28)29/h9,12,19,23H,2-8,10-11,13-18H2,1H3,(H,27,28,29)/b12-9-/t19-/m1/s1. The summed E-state index contributed by atoms with van der Waals surface area (Å²) in [7, 11) is -4.91. The van der Waals surface area contributed by atoms with Crippen LogP contribution in [0.3, 0.4) is 0 Å². The molecule has 0 heterocycles. The molecule has 0 saturated heterocycles. The normalized spacial score (nSPS) is 12.6. The summed E-state index contributed by atoms with van der Waals surface area (Å²) in [5, 5.41) is 9.88. The van der Waals surface area contributed by atoms with Gasteiger partial charge in [-0.05, 0) is 32.1 Å². The number of allylic oxidation sites excluding steroid dienone is 1. The number of hydrogen-bond acceptors (Lipinski definition) is 8. The zero-order chi connectivity index (χ0) is 24.2. The quantitative estimate of drug-likeness (QED) is 0.0917. The van der Waals surface area contributed by atoms with E-state index in [2.05, 4.69) is 21.9 Å². The largest absolute Gasteiger partial charge is 0.448 e. The van der Waals surface area contributed by atoms with E-state index in [1.807, 2.05) is 6.08 Å². The molecule has 10 heteroatoms. The highest BCUT2D eigenvalue weighted by Crippen LogP contribution is 2.11. The molecule has 0 aromatic rings. The molecule has 9 nitrogen and oxygen atoms in total. The zero-order valence-electron chi connectivity index (χ0n) is 19.0. The highest BCUT2D eigenvalue weighted by Gasteiger charge is 2.17. The van der Waals surface area contributed by atoms with Crippen LogP contribution in [0.5, 0.6) is 0 Å². The smallest absolute Gasteiger partial charge is 0.393 e. The Labute approximate surface area is 191 Å². The Balaban J connectivity index is 3.61. The average Bonchev–Trinajstić information content (AvgIpc) is 2.69. The molecule has 2 N–H and O–H groups in total. The molecule has 0 unspecified atom stereocenters. The molecule has 0 aromatic carbocycles. The Morgan fingerprint density at radius 3 is 2.09 bits per heavy atom. The van der Waals surface area contributed by atoms with Crippen LogP contribution in [0.4, 0.5) is 0 Å². The second kappa shape index (κ2) is 18.8. The van der Waals surface area contributed by atoms with Gasteiger partial charge in [0.15, 0.2) is 0 Å². The van der Waals surface area contributed by atoms with Crippen LogP contribution in [-0.2, 0) is 33.7 Å². The van der Waals surface area contributed by atoms with Crippen molar-refractivity contribution in [3.63, 3.8) is 0 Å². The van der Waals surface area contributed by atoms with E-state index < -0.39 is 41.1 Å². The van der Waals surface area contributed by atoms with E-state index >= 15 is 0 Å². The Kier molecular flexibility index (Phi) is 17.7. The van der Waals surface area contributed by atoms with Crippen molar-refractivity contribution in [2.75, 3.05) is 0 Å². The van der Waals surface area contributed by atoms with Gasteiger partial charge in [0.25, 0.3) is 0 Å². The van der Waals surface area contributed by atoms with E-state index in [0.29, 0.717) is 12.8 Å². The molecule has 186 valence electrons. The number of unbranched alkanes of at least 4 members (excludes halogenated alkanes) is 8. The molecule has 0 fully saturated rings. The summed E-state index contributed by atoms with van der Waals surface area (Å²) in [5.74, 6) is -2.97. The van der Waals surface area contributed by atoms with Crippen LogP contribution in [0.25, 0.3) is 0 Å². The van der Waals surface area contributed by atoms with E-state index in [1.165, 1.54) is 19.3 Å². The highest BCUT2D eigenvalue weighted by atomic mass is 32.3. The lowest BCUT2D eigenvalue weighted by Crippen LogP contribution is -2.16. The molecule has 0 amide bonds. The van der Waals surface area contributed by atoms with E-state index in [4.69, 9.17) is 4.55 Å². The Hall–Kier alpha value is -1.78. The van der Waals surface area contributed by atoms with Crippen LogP contribution in [-0.4, -0.2) is 42.1 Å². The van der Waals surface area contributed by atoms with Crippen LogP contribution in [0.15, 0.2) is 12.2 Å². The molecular weight excluding hydrogens is 440 g/mol. The minimum atomic E-state index is -4.91. The van der Waals surface area contributed by atoms with Crippen molar-refractivity contribution in [1.82, 2.24) is 0 Å². The number of hydrogen-bond donors (Lipinski definition) is 2.